The van der Waals surface area contributed by atoms with E-state index in [9.17, 15) is 4.79 Å². The molecule has 0 spiro atoms. The molecule has 21 heavy (non-hydrogen) atoms. The molecule has 1 heterocycles. The molecule has 1 aliphatic heterocycles. The lowest BCUT2D eigenvalue weighted by Crippen LogP contribution is -2.22. The molecule has 5 nitrogen and oxygen atoms in total. The van der Waals surface area contributed by atoms with Crippen LogP contribution in [0.3, 0.4) is 0 Å². The molecule has 1 N–H and O–H groups in total. The molecular formula is C16H12N2O3. The molecule has 0 saturated heterocycles. The first-order valence-corrected chi connectivity index (χ1v) is 6.43. The minimum absolute atomic E-state index is 0.183. The SMILES string of the molecule is N#Cc1ccc(CNC(=O)c2ccc3c(c2)OCO3)cc1. The van der Waals surface area contributed by atoms with Crippen LogP contribution in [0.4, 0.5) is 0 Å². The molecule has 1 aliphatic rings. The average Bonchev–Trinajstić information content (AvgIpc) is 3.00. The number of nitriles is 1. The topological polar surface area (TPSA) is 71.4 Å². The van der Waals surface area contributed by atoms with Crippen LogP contribution in [0, 0.1) is 11.3 Å². The van der Waals surface area contributed by atoms with Gasteiger partial charge in [0.05, 0.1) is 11.6 Å². The van der Waals surface area contributed by atoms with Gasteiger partial charge in [-0.1, -0.05) is 12.1 Å². The Hall–Kier alpha value is -3.00. The normalized spacial score (nSPS) is 11.8. The predicted octanol–water partition coefficient (Wildman–Crippen LogP) is 2.22. The Bertz CT molecular complexity index is 717. The second-order valence-corrected chi connectivity index (χ2v) is 4.56. The van der Waals surface area contributed by atoms with Crippen LogP contribution in [-0.4, -0.2) is 12.7 Å². The van der Waals surface area contributed by atoms with Crippen LogP contribution in [0.25, 0.3) is 0 Å². The Morgan fingerprint density at radius 1 is 1.14 bits per heavy atom. The Kier molecular flexibility index (Phi) is 3.44. The summed E-state index contributed by atoms with van der Waals surface area (Å²) in [7, 11) is 0. The van der Waals surface area contributed by atoms with E-state index < -0.39 is 0 Å². The van der Waals surface area contributed by atoms with Crippen LogP contribution in [0.5, 0.6) is 11.5 Å². The Labute approximate surface area is 121 Å². The van der Waals surface area contributed by atoms with Crippen LogP contribution < -0.4 is 14.8 Å². The first kappa shape index (κ1) is 13.0. The molecule has 0 atom stereocenters. The number of ether oxygens (including phenoxy) is 2. The first-order valence-electron chi connectivity index (χ1n) is 6.43. The maximum absolute atomic E-state index is 12.1. The summed E-state index contributed by atoms with van der Waals surface area (Å²) in [5.74, 6) is 1.05. The maximum Gasteiger partial charge on any atom is 0.251 e. The van der Waals surface area contributed by atoms with Crippen LogP contribution in [-0.2, 0) is 6.54 Å². The number of hydrogen-bond donors (Lipinski definition) is 1. The molecule has 0 aromatic heterocycles. The average molecular weight is 280 g/mol. The number of nitrogens with one attached hydrogen (secondary N) is 1. The van der Waals surface area contributed by atoms with Gasteiger partial charge in [-0.25, -0.2) is 0 Å². The minimum atomic E-state index is -0.183. The van der Waals surface area contributed by atoms with Crippen LogP contribution in [0.15, 0.2) is 42.5 Å². The standard InChI is InChI=1S/C16H12N2O3/c17-8-11-1-3-12(4-2-11)9-18-16(19)13-5-6-14-15(7-13)21-10-20-14/h1-7H,9-10H2,(H,18,19). The second-order valence-electron chi connectivity index (χ2n) is 4.56. The third-order valence-corrected chi connectivity index (χ3v) is 3.17. The van der Waals surface area contributed by atoms with E-state index in [2.05, 4.69) is 11.4 Å². The van der Waals surface area contributed by atoms with E-state index in [1.807, 2.05) is 12.1 Å². The van der Waals surface area contributed by atoms with Crippen molar-refractivity contribution in [2.75, 3.05) is 6.79 Å². The van der Waals surface area contributed by atoms with Crippen molar-refractivity contribution in [2.45, 2.75) is 6.54 Å². The van der Waals surface area contributed by atoms with Gasteiger partial charge in [-0.2, -0.15) is 5.26 Å². The van der Waals surface area contributed by atoms with Gasteiger partial charge in [-0.3, -0.25) is 4.79 Å². The summed E-state index contributed by atoms with van der Waals surface area (Å²) in [4.78, 5) is 12.1. The van der Waals surface area contributed by atoms with Crippen molar-refractivity contribution in [1.82, 2.24) is 5.32 Å². The van der Waals surface area contributed by atoms with Crippen molar-refractivity contribution >= 4 is 5.91 Å². The summed E-state index contributed by atoms with van der Waals surface area (Å²) < 4.78 is 10.4. The lowest BCUT2D eigenvalue weighted by Gasteiger charge is -2.06. The second kappa shape index (κ2) is 5.55. The number of fused-ring (bicyclic) bond motifs is 1. The van der Waals surface area contributed by atoms with E-state index in [4.69, 9.17) is 14.7 Å². The molecule has 5 heteroatoms. The van der Waals surface area contributed by atoms with Gasteiger partial charge in [0, 0.05) is 12.1 Å². The highest BCUT2D eigenvalue weighted by molar-refractivity contribution is 5.94. The van der Waals surface area contributed by atoms with Gasteiger partial charge in [-0.15, -0.1) is 0 Å². The van der Waals surface area contributed by atoms with Gasteiger partial charge in [0.1, 0.15) is 0 Å². The van der Waals surface area contributed by atoms with Gasteiger partial charge in [-0.05, 0) is 35.9 Å². The molecule has 2 aromatic carbocycles. The van der Waals surface area contributed by atoms with Gasteiger partial charge in [0.2, 0.25) is 6.79 Å². The molecule has 1 amide bonds. The third-order valence-electron chi connectivity index (χ3n) is 3.17. The summed E-state index contributed by atoms with van der Waals surface area (Å²) >= 11 is 0. The fraction of sp³-hybridized carbons (Fsp3) is 0.125. The lowest BCUT2D eigenvalue weighted by molar-refractivity contribution is 0.0950. The molecule has 0 saturated carbocycles. The highest BCUT2D eigenvalue weighted by atomic mass is 16.7. The molecule has 0 radical (unpaired) electrons. The van der Waals surface area contributed by atoms with Crippen LogP contribution in [0.1, 0.15) is 21.5 Å². The van der Waals surface area contributed by atoms with Gasteiger partial charge in [0.25, 0.3) is 5.91 Å². The predicted molar refractivity (Wildman–Crippen MR) is 74.9 cm³/mol. The van der Waals surface area contributed by atoms with E-state index in [1.54, 1.807) is 30.3 Å². The maximum atomic E-state index is 12.1. The Balaban J connectivity index is 1.65. The van der Waals surface area contributed by atoms with Gasteiger partial charge >= 0.3 is 0 Å². The number of hydrogen-bond acceptors (Lipinski definition) is 4. The highest BCUT2D eigenvalue weighted by Gasteiger charge is 2.15. The Morgan fingerprint density at radius 3 is 2.67 bits per heavy atom. The highest BCUT2D eigenvalue weighted by Crippen LogP contribution is 2.32. The summed E-state index contributed by atoms with van der Waals surface area (Å²) in [6.07, 6.45) is 0. The van der Waals surface area contributed by atoms with Gasteiger partial charge < -0.3 is 14.8 Å². The molecule has 104 valence electrons. The molecular weight excluding hydrogens is 268 g/mol. The number of nitrogens with zero attached hydrogens (tertiary/aromatic N) is 1. The first-order chi connectivity index (χ1) is 10.3. The van der Waals surface area contributed by atoms with Crippen molar-refractivity contribution in [2.24, 2.45) is 0 Å². The van der Waals surface area contributed by atoms with Crippen molar-refractivity contribution in [3.05, 3.63) is 59.2 Å². The number of benzene rings is 2. The zero-order valence-electron chi connectivity index (χ0n) is 11.1. The lowest BCUT2D eigenvalue weighted by atomic mass is 10.1. The zero-order valence-corrected chi connectivity index (χ0v) is 11.1. The monoisotopic (exact) mass is 280 g/mol. The molecule has 2 aromatic rings. The molecule has 0 fully saturated rings. The van der Waals surface area contributed by atoms with E-state index in [0.29, 0.717) is 29.2 Å². The van der Waals surface area contributed by atoms with Crippen molar-refractivity contribution in [3.63, 3.8) is 0 Å². The van der Waals surface area contributed by atoms with Crippen LogP contribution >= 0.6 is 0 Å². The minimum Gasteiger partial charge on any atom is -0.454 e. The number of amides is 1. The smallest absolute Gasteiger partial charge is 0.251 e. The number of rotatable bonds is 3. The number of carbonyl (C=O) groups excluding carboxylic acids is 1. The quantitative estimate of drug-likeness (QED) is 0.935. The van der Waals surface area contributed by atoms with Crippen molar-refractivity contribution in [3.8, 4) is 17.6 Å². The van der Waals surface area contributed by atoms with Gasteiger partial charge in [0.15, 0.2) is 11.5 Å². The molecule has 0 aliphatic carbocycles. The third kappa shape index (κ3) is 2.79. The van der Waals surface area contributed by atoms with Crippen molar-refractivity contribution in [1.29, 1.82) is 5.26 Å². The van der Waals surface area contributed by atoms with E-state index >= 15 is 0 Å². The van der Waals surface area contributed by atoms with E-state index in [1.165, 1.54) is 0 Å². The largest absolute Gasteiger partial charge is 0.454 e. The number of carbonyl (C=O) groups is 1. The summed E-state index contributed by atoms with van der Waals surface area (Å²) in [5, 5.41) is 11.6. The molecule has 0 unspecified atom stereocenters. The molecule has 0 bridgehead atoms. The summed E-state index contributed by atoms with van der Waals surface area (Å²) in [5.41, 5.74) is 2.05. The van der Waals surface area contributed by atoms with Crippen LogP contribution in [0.2, 0.25) is 0 Å². The fourth-order valence-corrected chi connectivity index (χ4v) is 2.02. The van der Waals surface area contributed by atoms with E-state index in [-0.39, 0.29) is 12.7 Å². The Morgan fingerprint density at radius 2 is 1.90 bits per heavy atom. The summed E-state index contributed by atoms with van der Waals surface area (Å²) in [6, 6.07) is 14.2. The fourth-order valence-electron chi connectivity index (χ4n) is 2.02. The molecule has 3 rings (SSSR count). The van der Waals surface area contributed by atoms with Crippen molar-refractivity contribution < 1.29 is 14.3 Å². The van der Waals surface area contributed by atoms with E-state index in [0.717, 1.165) is 5.56 Å². The summed E-state index contributed by atoms with van der Waals surface area (Å²) in [6.45, 7) is 0.588. The zero-order chi connectivity index (χ0) is 14.7.